The van der Waals surface area contributed by atoms with Crippen LogP contribution in [-0.4, -0.2) is 16.9 Å². The van der Waals surface area contributed by atoms with Gasteiger partial charge in [-0.25, -0.2) is 4.79 Å². The summed E-state index contributed by atoms with van der Waals surface area (Å²) in [5.41, 5.74) is 1.07. The van der Waals surface area contributed by atoms with E-state index >= 15 is 0 Å². The molecule has 0 amide bonds. The van der Waals surface area contributed by atoms with Crippen LogP contribution >= 0.6 is 0 Å². The van der Waals surface area contributed by atoms with Crippen molar-refractivity contribution in [1.82, 2.24) is 0 Å². The van der Waals surface area contributed by atoms with Crippen molar-refractivity contribution in [1.29, 1.82) is 0 Å². The fourth-order valence-corrected chi connectivity index (χ4v) is 3.51. The van der Waals surface area contributed by atoms with Gasteiger partial charge in [-0.1, -0.05) is 56.2 Å². The van der Waals surface area contributed by atoms with Crippen molar-refractivity contribution in [2.45, 2.75) is 51.2 Å². The van der Waals surface area contributed by atoms with Gasteiger partial charge >= 0.3 is 11.8 Å². The van der Waals surface area contributed by atoms with Gasteiger partial charge in [-0.2, -0.15) is 0 Å². The molecule has 0 heterocycles. The van der Waals surface area contributed by atoms with Gasteiger partial charge in [0.2, 0.25) is 0 Å². The maximum atomic E-state index is 11.9. The Bertz CT molecular complexity index is 735. The van der Waals surface area contributed by atoms with Gasteiger partial charge in [0.1, 0.15) is 11.5 Å². The zero-order chi connectivity index (χ0) is 18.6. The Morgan fingerprint density at radius 3 is 2.23 bits per heavy atom. The van der Waals surface area contributed by atoms with Crippen molar-refractivity contribution in [2.24, 2.45) is 5.92 Å². The number of aliphatic carboxylic acids is 1. The van der Waals surface area contributed by atoms with E-state index in [4.69, 9.17) is 9.47 Å². The van der Waals surface area contributed by atoms with E-state index in [9.17, 15) is 9.90 Å². The fourth-order valence-electron chi connectivity index (χ4n) is 3.51. The summed E-state index contributed by atoms with van der Waals surface area (Å²) in [5, 5.41) is 9.74. The molecule has 4 heteroatoms. The first kappa shape index (κ1) is 18.3. The van der Waals surface area contributed by atoms with Gasteiger partial charge < -0.3 is 14.6 Å². The van der Waals surface area contributed by atoms with Crippen molar-refractivity contribution >= 4 is 5.97 Å². The topological polar surface area (TPSA) is 55.8 Å². The minimum atomic E-state index is -1.79. The lowest BCUT2D eigenvalue weighted by Crippen LogP contribution is -2.47. The monoisotopic (exact) mass is 354 g/mol. The standard InChI is InChI=1S/C22H26O4/c1-16-12-14-17(15-13-16)19-10-6-7-11-20(19)26-22(2,21(23)24)25-18-8-4-3-5-9-18/h3-11,16-17H,12-15H2,1-2H3,(H,23,24). The Kier molecular flexibility index (Phi) is 5.50. The molecule has 3 rings (SSSR count). The molecular weight excluding hydrogens is 328 g/mol. The molecule has 1 N–H and O–H groups in total. The summed E-state index contributed by atoms with van der Waals surface area (Å²) in [6, 6.07) is 16.6. The SMILES string of the molecule is CC1CCC(c2ccccc2OC(C)(Oc2ccccc2)C(=O)O)CC1. The van der Waals surface area contributed by atoms with Crippen molar-refractivity contribution in [2.75, 3.05) is 0 Å². The van der Waals surface area contributed by atoms with Crippen LogP contribution in [0.5, 0.6) is 11.5 Å². The first-order chi connectivity index (χ1) is 12.5. The lowest BCUT2D eigenvalue weighted by molar-refractivity contribution is -0.181. The van der Waals surface area contributed by atoms with Crippen LogP contribution in [0.2, 0.25) is 0 Å². The van der Waals surface area contributed by atoms with Crippen LogP contribution in [0.3, 0.4) is 0 Å². The predicted molar refractivity (Wildman–Crippen MR) is 101 cm³/mol. The number of hydrogen-bond acceptors (Lipinski definition) is 3. The quantitative estimate of drug-likeness (QED) is 0.721. The van der Waals surface area contributed by atoms with Gasteiger partial charge in [0.25, 0.3) is 0 Å². The lowest BCUT2D eigenvalue weighted by atomic mass is 9.79. The summed E-state index contributed by atoms with van der Waals surface area (Å²) < 4.78 is 11.7. The molecule has 0 spiro atoms. The number of ether oxygens (including phenoxy) is 2. The number of hydrogen-bond donors (Lipinski definition) is 1. The molecule has 0 radical (unpaired) electrons. The maximum absolute atomic E-state index is 11.9. The highest BCUT2D eigenvalue weighted by molar-refractivity contribution is 5.76. The highest BCUT2D eigenvalue weighted by Gasteiger charge is 2.39. The van der Waals surface area contributed by atoms with Crippen LogP contribution in [0.1, 0.15) is 51.0 Å². The molecule has 26 heavy (non-hydrogen) atoms. The smallest absolute Gasteiger partial charge is 0.390 e. The summed E-state index contributed by atoms with van der Waals surface area (Å²) >= 11 is 0. The Hall–Kier alpha value is -2.49. The molecule has 0 aliphatic heterocycles. The molecule has 4 nitrogen and oxygen atoms in total. The van der Waals surface area contributed by atoms with Gasteiger partial charge in [-0.3, -0.25) is 0 Å². The minimum Gasteiger partial charge on any atom is -0.475 e. The molecular formula is C22H26O4. The van der Waals surface area contributed by atoms with Crippen molar-refractivity contribution < 1.29 is 19.4 Å². The molecule has 1 fully saturated rings. The van der Waals surface area contributed by atoms with Crippen molar-refractivity contribution in [3.8, 4) is 11.5 Å². The third-order valence-corrected chi connectivity index (χ3v) is 5.12. The molecule has 1 atom stereocenters. The highest BCUT2D eigenvalue weighted by Crippen LogP contribution is 2.40. The number of carboxylic acid groups (broad SMARTS) is 1. The third-order valence-electron chi connectivity index (χ3n) is 5.12. The van der Waals surface area contributed by atoms with E-state index in [-0.39, 0.29) is 0 Å². The molecule has 1 aliphatic rings. The van der Waals surface area contributed by atoms with Crippen LogP contribution in [0.15, 0.2) is 54.6 Å². The second-order valence-corrected chi connectivity index (χ2v) is 7.26. The summed E-state index contributed by atoms with van der Waals surface area (Å²) in [5.74, 6) is -0.746. The van der Waals surface area contributed by atoms with Crippen LogP contribution in [0.4, 0.5) is 0 Å². The molecule has 1 unspecified atom stereocenters. The zero-order valence-corrected chi connectivity index (χ0v) is 15.4. The van der Waals surface area contributed by atoms with Crippen molar-refractivity contribution in [3.63, 3.8) is 0 Å². The second-order valence-electron chi connectivity index (χ2n) is 7.26. The minimum absolute atomic E-state index is 0.400. The second kappa shape index (κ2) is 7.81. The number of rotatable bonds is 6. The maximum Gasteiger partial charge on any atom is 0.390 e. The van der Waals surface area contributed by atoms with Crippen LogP contribution in [0, 0.1) is 5.92 Å². The molecule has 2 aromatic carbocycles. The summed E-state index contributed by atoms with van der Waals surface area (Å²) in [6.45, 7) is 3.73. The molecule has 1 aliphatic carbocycles. The number of para-hydroxylation sites is 2. The Balaban J connectivity index is 1.84. The zero-order valence-electron chi connectivity index (χ0n) is 15.4. The van der Waals surface area contributed by atoms with Crippen molar-refractivity contribution in [3.05, 3.63) is 60.2 Å². The average molecular weight is 354 g/mol. The molecule has 0 saturated heterocycles. The normalized spacial score (nSPS) is 22.2. The van der Waals surface area contributed by atoms with E-state index in [1.165, 1.54) is 19.8 Å². The Morgan fingerprint density at radius 1 is 0.962 bits per heavy atom. The Morgan fingerprint density at radius 2 is 1.58 bits per heavy atom. The third kappa shape index (κ3) is 4.18. The Labute approximate surface area is 154 Å². The van der Waals surface area contributed by atoms with Gasteiger partial charge in [-0.15, -0.1) is 0 Å². The van der Waals surface area contributed by atoms with E-state index in [0.29, 0.717) is 17.4 Å². The van der Waals surface area contributed by atoms with Crippen LogP contribution in [0.25, 0.3) is 0 Å². The molecule has 0 aromatic heterocycles. The average Bonchev–Trinajstić information content (AvgIpc) is 2.64. The lowest BCUT2D eigenvalue weighted by Gasteiger charge is -2.31. The molecule has 2 aromatic rings. The van der Waals surface area contributed by atoms with E-state index in [1.807, 2.05) is 30.3 Å². The number of carboxylic acids is 1. The fraction of sp³-hybridized carbons (Fsp3) is 0.409. The summed E-state index contributed by atoms with van der Waals surface area (Å²) in [6.07, 6.45) is 4.58. The predicted octanol–water partition coefficient (Wildman–Crippen LogP) is 5.24. The summed E-state index contributed by atoms with van der Waals surface area (Å²) in [7, 11) is 0. The van der Waals surface area contributed by atoms with E-state index < -0.39 is 11.8 Å². The van der Waals surface area contributed by atoms with E-state index in [1.54, 1.807) is 24.3 Å². The van der Waals surface area contributed by atoms with Gasteiger partial charge in [0.05, 0.1) is 0 Å². The van der Waals surface area contributed by atoms with E-state index in [0.717, 1.165) is 24.3 Å². The first-order valence-corrected chi connectivity index (χ1v) is 9.23. The molecule has 0 bridgehead atoms. The van der Waals surface area contributed by atoms with Gasteiger partial charge in [0.15, 0.2) is 0 Å². The summed E-state index contributed by atoms with van der Waals surface area (Å²) in [4.78, 5) is 11.9. The first-order valence-electron chi connectivity index (χ1n) is 9.23. The van der Waals surface area contributed by atoms with Gasteiger partial charge in [0, 0.05) is 6.92 Å². The van der Waals surface area contributed by atoms with Gasteiger partial charge in [-0.05, 0) is 48.4 Å². The van der Waals surface area contributed by atoms with E-state index in [2.05, 4.69) is 6.92 Å². The van der Waals surface area contributed by atoms with Crippen LogP contribution < -0.4 is 9.47 Å². The molecule has 138 valence electrons. The van der Waals surface area contributed by atoms with Crippen LogP contribution in [-0.2, 0) is 4.79 Å². The molecule has 1 saturated carbocycles. The number of benzene rings is 2. The highest BCUT2D eigenvalue weighted by atomic mass is 16.7. The largest absolute Gasteiger partial charge is 0.475 e. The number of carbonyl (C=O) groups is 1.